The number of amides is 1. The molecule has 0 spiro atoms. The molecule has 2 N–H and O–H groups in total. The standard InChI is InChI=1S/C14H17F3N2O2/c1-9-12(18-5-6-21-9)13(20)19-11-4-2-3-10(7-11)8-14(15,16)17/h2-4,7,9,12,18H,5-6,8H2,1H3,(H,19,20)/t9-,12+/m1/s1. The lowest BCUT2D eigenvalue weighted by Crippen LogP contribution is -2.53. The molecule has 4 nitrogen and oxygen atoms in total. The smallest absolute Gasteiger partial charge is 0.375 e. The van der Waals surface area contributed by atoms with Crippen molar-refractivity contribution in [1.29, 1.82) is 0 Å². The highest BCUT2D eigenvalue weighted by atomic mass is 19.4. The quantitative estimate of drug-likeness (QED) is 0.899. The lowest BCUT2D eigenvalue weighted by molar-refractivity contribution is -0.127. The second-order valence-corrected chi connectivity index (χ2v) is 4.99. The fourth-order valence-corrected chi connectivity index (χ4v) is 2.24. The molecule has 0 radical (unpaired) electrons. The number of anilines is 1. The van der Waals surface area contributed by atoms with Gasteiger partial charge in [-0.3, -0.25) is 4.79 Å². The van der Waals surface area contributed by atoms with Gasteiger partial charge in [0.25, 0.3) is 0 Å². The van der Waals surface area contributed by atoms with Crippen LogP contribution in [0.25, 0.3) is 0 Å². The third-order valence-electron chi connectivity index (χ3n) is 3.20. The number of alkyl halides is 3. The maximum absolute atomic E-state index is 12.4. The molecule has 2 rings (SSSR count). The fourth-order valence-electron chi connectivity index (χ4n) is 2.24. The second kappa shape index (κ2) is 6.44. The summed E-state index contributed by atoms with van der Waals surface area (Å²) in [7, 11) is 0. The van der Waals surface area contributed by atoms with Gasteiger partial charge in [-0.1, -0.05) is 12.1 Å². The molecule has 1 amide bonds. The fraction of sp³-hybridized carbons (Fsp3) is 0.500. The van der Waals surface area contributed by atoms with Crippen molar-refractivity contribution >= 4 is 11.6 Å². The molecule has 1 aromatic rings. The van der Waals surface area contributed by atoms with Crippen molar-refractivity contribution < 1.29 is 22.7 Å². The summed E-state index contributed by atoms with van der Waals surface area (Å²) in [4.78, 5) is 12.1. The molecule has 0 saturated carbocycles. The van der Waals surface area contributed by atoms with Gasteiger partial charge in [0.2, 0.25) is 5.91 Å². The van der Waals surface area contributed by atoms with Gasteiger partial charge >= 0.3 is 6.18 Å². The van der Waals surface area contributed by atoms with Crippen molar-refractivity contribution in [2.75, 3.05) is 18.5 Å². The first kappa shape index (κ1) is 15.8. The van der Waals surface area contributed by atoms with Crippen LogP contribution < -0.4 is 10.6 Å². The summed E-state index contributed by atoms with van der Waals surface area (Å²) in [5.41, 5.74) is 0.461. The number of nitrogens with one attached hydrogen (secondary N) is 2. The maximum Gasteiger partial charge on any atom is 0.393 e. The minimum Gasteiger partial charge on any atom is -0.375 e. The van der Waals surface area contributed by atoms with Gasteiger partial charge in [0.1, 0.15) is 6.04 Å². The van der Waals surface area contributed by atoms with Gasteiger partial charge in [0.15, 0.2) is 0 Å². The van der Waals surface area contributed by atoms with Gasteiger partial charge < -0.3 is 15.4 Å². The Kier molecular flexibility index (Phi) is 4.84. The van der Waals surface area contributed by atoms with Crippen LogP contribution in [-0.4, -0.2) is 37.4 Å². The van der Waals surface area contributed by atoms with Crippen molar-refractivity contribution in [3.8, 4) is 0 Å². The highest BCUT2D eigenvalue weighted by Crippen LogP contribution is 2.23. The van der Waals surface area contributed by atoms with Gasteiger partial charge in [0.05, 0.1) is 19.1 Å². The molecule has 7 heteroatoms. The minimum absolute atomic E-state index is 0.112. The normalized spacial score (nSPS) is 22.9. The van der Waals surface area contributed by atoms with Crippen LogP contribution in [0.5, 0.6) is 0 Å². The predicted molar refractivity (Wildman–Crippen MR) is 72.0 cm³/mol. The van der Waals surface area contributed by atoms with E-state index in [1.807, 2.05) is 0 Å². The highest BCUT2D eigenvalue weighted by Gasteiger charge is 2.29. The van der Waals surface area contributed by atoms with E-state index in [9.17, 15) is 18.0 Å². The summed E-state index contributed by atoms with van der Waals surface area (Å²) in [5.74, 6) is -0.314. The summed E-state index contributed by atoms with van der Waals surface area (Å²) in [6.45, 7) is 2.87. The Labute approximate surface area is 120 Å². The zero-order chi connectivity index (χ0) is 15.5. The van der Waals surface area contributed by atoms with Crippen LogP contribution >= 0.6 is 0 Å². The Morgan fingerprint density at radius 2 is 2.24 bits per heavy atom. The molecule has 1 aromatic carbocycles. The van der Waals surface area contributed by atoms with Crippen molar-refractivity contribution in [1.82, 2.24) is 5.32 Å². The summed E-state index contributed by atoms with van der Waals surface area (Å²) in [5, 5.41) is 5.64. The van der Waals surface area contributed by atoms with Crippen molar-refractivity contribution in [2.45, 2.75) is 31.7 Å². The second-order valence-electron chi connectivity index (χ2n) is 4.99. The summed E-state index contributed by atoms with van der Waals surface area (Å²) in [6.07, 6.45) is -5.56. The SMILES string of the molecule is C[C@H]1OCCN[C@@H]1C(=O)Nc1cccc(CC(F)(F)F)c1. The number of carbonyl (C=O) groups is 1. The van der Waals surface area contributed by atoms with E-state index in [2.05, 4.69) is 10.6 Å². The third-order valence-corrected chi connectivity index (χ3v) is 3.20. The number of ether oxygens (including phenoxy) is 1. The predicted octanol–water partition coefficient (Wildman–Crippen LogP) is 2.11. The third kappa shape index (κ3) is 4.71. The minimum atomic E-state index is -4.27. The molecule has 21 heavy (non-hydrogen) atoms. The average Bonchev–Trinajstić information content (AvgIpc) is 2.37. The first-order chi connectivity index (χ1) is 9.85. The molecule has 116 valence electrons. The largest absolute Gasteiger partial charge is 0.393 e. The number of carbonyl (C=O) groups excluding carboxylic acids is 1. The molecular formula is C14H17F3N2O2. The zero-order valence-corrected chi connectivity index (χ0v) is 11.5. The van der Waals surface area contributed by atoms with Gasteiger partial charge in [-0.15, -0.1) is 0 Å². The van der Waals surface area contributed by atoms with Crippen LogP contribution in [0, 0.1) is 0 Å². The number of hydrogen-bond acceptors (Lipinski definition) is 3. The average molecular weight is 302 g/mol. The Bertz CT molecular complexity index is 505. The van der Waals surface area contributed by atoms with E-state index < -0.39 is 18.6 Å². The molecule has 0 aromatic heterocycles. The number of hydrogen-bond donors (Lipinski definition) is 2. The Morgan fingerprint density at radius 3 is 2.90 bits per heavy atom. The van der Waals surface area contributed by atoms with E-state index in [-0.39, 0.29) is 17.6 Å². The lowest BCUT2D eigenvalue weighted by Gasteiger charge is -2.29. The topological polar surface area (TPSA) is 50.4 Å². The van der Waals surface area contributed by atoms with Gasteiger partial charge in [0, 0.05) is 12.2 Å². The lowest BCUT2D eigenvalue weighted by atomic mass is 10.1. The molecule has 1 heterocycles. The van der Waals surface area contributed by atoms with Crippen LogP contribution in [0.3, 0.4) is 0 Å². The molecule has 0 aliphatic carbocycles. The Hall–Kier alpha value is -1.60. The summed E-state index contributed by atoms with van der Waals surface area (Å²) >= 11 is 0. The monoisotopic (exact) mass is 302 g/mol. The maximum atomic E-state index is 12.4. The van der Waals surface area contributed by atoms with Gasteiger partial charge in [-0.2, -0.15) is 13.2 Å². The van der Waals surface area contributed by atoms with E-state index >= 15 is 0 Å². The molecule has 1 fully saturated rings. The van der Waals surface area contributed by atoms with E-state index in [4.69, 9.17) is 4.74 Å². The van der Waals surface area contributed by atoms with Crippen molar-refractivity contribution in [3.05, 3.63) is 29.8 Å². The zero-order valence-electron chi connectivity index (χ0n) is 11.5. The summed E-state index contributed by atoms with van der Waals surface area (Å²) in [6, 6.07) is 5.26. The van der Waals surface area contributed by atoms with Crippen molar-refractivity contribution in [2.24, 2.45) is 0 Å². The van der Waals surface area contributed by atoms with E-state index in [1.165, 1.54) is 18.2 Å². The first-order valence-electron chi connectivity index (χ1n) is 6.67. The van der Waals surface area contributed by atoms with Crippen molar-refractivity contribution in [3.63, 3.8) is 0 Å². The highest BCUT2D eigenvalue weighted by molar-refractivity contribution is 5.95. The molecule has 0 unspecified atom stereocenters. The van der Waals surface area contributed by atoms with E-state index in [0.717, 1.165) is 0 Å². The van der Waals surface area contributed by atoms with E-state index in [1.54, 1.807) is 13.0 Å². The van der Waals surface area contributed by atoms with E-state index in [0.29, 0.717) is 18.8 Å². The Balaban J connectivity index is 2.02. The first-order valence-corrected chi connectivity index (χ1v) is 6.67. The molecule has 1 aliphatic rings. The van der Waals surface area contributed by atoms with Crippen LogP contribution in [0.1, 0.15) is 12.5 Å². The van der Waals surface area contributed by atoms with Crippen LogP contribution in [-0.2, 0) is 16.0 Å². The van der Waals surface area contributed by atoms with Gasteiger partial charge in [-0.25, -0.2) is 0 Å². The molecule has 2 atom stereocenters. The van der Waals surface area contributed by atoms with Crippen LogP contribution in [0.2, 0.25) is 0 Å². The van der Waals surface area contributed by atoms with Gasteiger partial charge in [-0.05, 0) is 24.6 Å². The molecule has 1 saturated heterocycles. The molecule has 1 aliphatic heterocycles. The number of benzene rings is 1. The number of halogens is 3. The molecular weight excluding hydrogens is 285 g/mol. The number of rotatable bonds is 3. The number of morpholine rings is 1. The summed E-state index contributed by atoms with van der Waals surface area (Å²) < 4.78 is 42.5. The van der Waals surface area contributed by atoms with Crippen LogP contribution in [0.15, 0.2) is 24.3 Å². The van der Waals surface area contributed by atoms with Crippen LogP contribution in [0.4, 0.5) is 18.9 Å². The molecule has 0 bridgehead atoms. The Morgan fingerprint density at radius 1 is 1.48 bits per heavy atom.